The molecule has 1 amide bonds. The monoisotopic (exact) mass is 340 g/mol. The Morgan fingerprint density at radius 2 is 2.00 bits per heavy atom. The number of para-hydroxylation sites is 1. The van der Waals surface area contributed by atoms with Crippen molar-refractivity contribution < 1.29 is 14.3 Å². The Balaban J connectivity index is 0.00000192. The lowest BCUT2D eigenvalue weighted by Gasteiger charge is -2.33. The van der Waals surface area contributed by atoms with Crippen molar-refractivity contribution >= 4 is 18.3 Å². The van der Waals surface area contributed by atoms with E-state index in [-0.39, 0.29) is 30.5 Å². The van der Waals surface area contributed by atoms with Crippen molar-refractivity contribution in [1.29, 1.82) is 0 Å². The number of benzene rings is 1. The summed E-state index contributed by atoms with van der Waals surface area (Å²) in [6, 6.07) is 10.1. The minimum Gasteiger partial charge on any atom is -0.490 e. The first-order valence-electron chi connectivity index (χ1n) is 8.12. The summed E-state index contributed by atoms with van der Waals surface area (Å²) in [4.78, 5) is 14.3. The average molecular weight is 341 g/mol. The van der Waals surface area contributed by atoms with Crippen LogP contribution in [0.25, 0.3) is 0 Å². The smallest absolute Gasteiger partial charge is 0.224 e. The summed E-state index contributed by atoms with van der Waals surface area (Å²) in [5.74, 6) is 1.14. The van der Waals surface area contributed by atoms with Gasteiger partial charge in [0.05, 0.1) is 13.2 Å². The Labute approximate surface area is 143 Å². The van der Waals surface area contributed by atoms with Crippen LogP contribution >= 0.6 is 12.4 Å². The highest BCUT2D eigenvalue weighted by Gasteiger charge is 2.26. The normalized spacial score (nSPS) is 22.3. The molecule has 3 rings (SSSR count). The molecular weight excluding hydrogens is 316 g/mol. The molecule has 23 heavy (non-hydrogen) atoms. The standard InChI is InChI=1S/C17H24N2O3.ClH/c20-17(12-14-13-21-11-8-18-14)19-9-6-16(7-10-19)22-15-4-2-1-3-5-15;/h1-5,14,16,18H,6-13H2;1H. The maximum Gasteiger partial charge on any atom is 0.224 e. The highest BCUT2D eigenvalue weighted by Crippen LogP contribution is 2.19. The van der Waals surface area contributed by atoms with Crippen LogP contribution < -0.4 is 10.1 Å². The summed E-state index contributed by atoms with van der Waals surface area (Å²) in [7, 11) is 0. The molecule has 0 aromatic heterocycles. The summed E-state index contributed by atoms with van der Waals surface area (Å²) < 4.78 is 11.4. The van der Waals surface area contributed by atoms with E-state index in [0.717, 1.165) is 44.8 Å². The molecule has 0 spiro atoms. The van der Waals surface area contributed by atoms with Crippen LogP contribution in [0.15, 0.2) is 30.3 Å². The zero-order valence-corrected chi connectivity index (χ0v) is 14.1. The zero-order chi connectivity index (χ0) is 15.2. The van der Waals surface area contributed by atoms with E-state index < -0.39 is 0 Å². The molecule has 0 aliphatic carbocycles. The lowest BCUT2D eigenvalue weighted by molar-refractivity contribution is -0.134. The van der Waals surface area contributed by atoms with Crippen LogP contribution in [0.1, 0.15) is 19.3 Å². The highest BCUT2D eigenvalue weighted by molar-refractivity contribution is 5.85. The van der Waals surface area contributed by atoms with Crippen molar-refractivity contribution in [2.75, 3.05) is 32.8 Å². The van der Waals surface area contributed by atoms with Gasteiger partial charge in [0.2, 0.25) is 5.91 Å². The van der Waals surface area contributed by atoms with Crippen LogP contribution in [-0.4, -0.2) is 55.8 Å². The van der Waals surface area contributed by atoms with Crippen LogP contribution in [0.5, 0.6) is 5.75 Å². The van der Waals surface area contributed by atoms with E-state index in [1.54, 1.807) is 0 Å². The van der Waals surface area contributed by atoms with Crippen LogP contribution in [0.2, 0.25) is 0 Å². The number of ether oxygens (including phenoxy) is 2. The number of hydrogen-bond acceptors (Lipinski definition) is 4. The van der Waals surface area contributed by atoms with E-state index >= 15 is 0 Å². The quantitative estimate of drug-likeness (QED) is 0.909. The minimum absolute atomic E-state index is 0. The van der Waals surface area contributed by atoms with E-state index in [0.29, 0.717) is 13.0 Å². The molecule has 2 aliphatic rings. The Morgan fingerprint density at radius 3 is 2.65 bits per heavy atom. The van der Waals surface area contributed by atoms with Crippen molar-refractivity contribution in [3.8, 4) is 5.75 Å². The van der Waals surface area contributed by atoms with Crippen LogP contribution in [-0.2, 0) is 9.53 Å². The van der Waals surface area contributed by atoms with Gasteiger partial charge in [0.1, 0.15) is 11.9 Å². The number of nitrogens with zero attached hydrogens (tertiary/aromatic N) is 1. The second-order valence-corrected chi connectivity index (χ2v) is 5.94. The van der Waals surface area contributed by atoms with E-state index in [2.05, 4.69) is 5.32 Å². The van der Waals surface area contributed by atoms with Gasteiger partial charge in [-0.05, 0) is 12.1 Å². The van der Waals surface area contributed by atoms with E-state index in [1.807, 2.05) is 35.2 Å². The van der Waals surface area contributed by atoms with Crippen LogP contribution in [0.4, 0.5) is 0 Å². The first-order valence-corrected chi connectivity index (χ1v) is 8.12. The molecule has 1 atom stereocenters. The van der Waals surface area contributed by atoms with Gasteiger partial charge in [0.15, 0.2) is 0 Å². The predicted octanol–water partition coefficient (Wildman–Crippen LogP) is 1.86. The lowest BCUT2D eigenvalue weighted by atomic mass is 10.1. The highest BCUT2D eigenvalue weighted by atomic mass is 35.5. The number of carbonyl (C=O) groups is 1. The lowest BCUT2D eigenvalue weighted by Crippen LogP contribution is -2.47. The third-order valence-electron chi connectivity index (χ3n) is 4.26. The fourth-order valence-electron chi connectivity index (χ4n) is 3.01. The SMILES string of the molecule is Cl.O=C(CC1COCCN1)N1CCC(Oc2ccccc2)CC1. The molecule has 2 fully saturated rings. The molecule has 2 saturated heterocycles. The van der Waals surface area contributed by atoms with Crippen molar-refractivity contribution in [2.45, 2.75) is 31.4 Å². The summed E-state index contributed by atoms with van der Waals surface area (Å²) >= 11 is 0. The Bertz CT molecular complexity index is 472. The number of halogens is 1. The summed E-state index contributed by atoms with van der Waals surface area (Å²) in [5, 5.41) is 3.33. The van der Waals surface area contributed by atoms with Gasteiger partial charge in [-0.1, -0.05) is 18.2 Å². The Hall–Kier alpha value is -1.30. The van der Waals surface area contributed by atoms with Crippen LogP contribution in [0, 0.1) is 0 Å². The van der Waals surface area contributed by atoms with Crippen molar-refractivity contribution in [3.05, 3.63) is 30.3 Å². The molecule has 1 aromatic rings. The summed E-state index contributed by atoms with van der Waals surface area (Å²) in [5.41, 5.74) is 0. The van der Waals surface area contributed by atoms with Gasteiger partial charge in [0.25, 0.3) is 0 Å². The number of piperidine rings is 1. The van der Waals surface area contributed by atoms with E-state index in [1.165, 1.54) is 0 Å². The number of carbonyl (C=O) groups excluding carboxylic acids is 1. The molecule has 1 N–H and O–H groups in total. The number of rotatable bonds is 4. The first-order chi connectivity index (χ1) is 10.8. The molecule has 0 saturated carbocycles. The van der Waals surface area contributed by atoms with Crippen molar-refractivity contribution in [1.82, 2.24) is 10.2 Å². The molecule has 2 aliphatic heterocycles. The fraction of sp³-hybridized carbons (Fsp3) is 0.588. The summed E-state index contributed by atoms with van der Waals surface area (Å²) in [6.07, 6.45) is 2.54. The number of nitrogens with one attached hydrogen (secondary N) is 1. The second-order valence-electron chi connectivity index (χ2n) is 5.94. The average Bonchev–Trinajstić information content (AvgIpc) is 2.57. The molecule has 2 heterocycles. The van der Waals surface area contributed by atoms with E-state index in [4.69, 9.17) is 9.47 Å². The predicted molar refractivity (Wildman–Crippen MR) is 91.1 cm³/mol. The molecule has 128 valence electrons. The third kappa shape index (κ3) is 5.37. The van der Waals surface area contributed by atoms with E-state index in [9.17, 15) is 4.79 Å². The maximum atomic E-state index is 12.3. The molecule has 0 radical (unpaired) electrons. The summed E-state index contributed by atoms with van der Waals surface area (Å²) in [6.45, 7) is 3.78. The number of amides is 1. The maximum absolute atomic E-state index is 12.3. The van der Waals surface area contributed by atoms with Crippen LogP contribution in [0.3, 0.4) is 0 Å². The Kier molecular flexibility index (Phi) is 7.15. The van der Waals surface area contributed by atoms with Crippen molar-refractivity contribution in [3.63, 3.8) is 0 Å². The fourth-order valence-corrected chi connectivity index (χ4v) is 3.01. The minimum atomic E-state index is 0. The molecule has 6 heteroatoms. The van der Waals surface area contributed by atoms with Gasteiger partial charge in [-0.25, -0.2) is 0 Å². The third-order valence-corrected chi connectivity index (χ3v) is 4.26. The molecule has 1 aromatic carbocycles. The number of hydrogen-bond donors (Lipinski definition) is 1. The second kappa shape index (κ2) is 9.11. The first kappa shape index (κ1) is 18.0. The molecular formula is C17H25ClN2O3. The number of likely N-dealkylation sites (tertiary alicyclic amines) is 1. The molecule has 5 nitrogen and oxygen atoms in total. The van der Waals surface area contributed by atoms with Gasteiger partial charge in [0, 0.05) is 44.9 Å². The van der Waals surface area contributed by atoms with Gasteiger partial charge in [-0.2, -0.15) is 0 Å². The van der Waals surface area contributed by atoms with Gasteiger partial charge in [-0.15, -0.1) is 12.4 Å². The molecule has 0 bridgehead atoms. The van der Waals surface area contributed by atoms with Gasteiger partial charge >= 0.3 is 0 Å². The Morgan fingerprint density at radius 1 is 1.26 bits per heavy atom. The molecule has 1 unspecified atom stereocenters. The van der Waals surface area contributed by atoms with Gasteiger partial charge < -0.3 is 19.7 Å². The van der Waals surface area contributed by atoms with Crippen molar-refractivity contribution in [2.24, 2.45) is 0 Å². The zero-order valence-electron chi connectivity index (χ0n) is 13.3. The number of morpholine rings is 1. The largest absolute Gasteiger partial charge is 0.490 e. The van der Waals surface area contributed by atoms with Gasteiger partial charge in [-0.3, -0.25) is 4.79 Å². The topological polar surface area (TPSA) is 50.8 Å².